The van der Waals surface area contributed by atoms with Gasteiger partial charge in [0.2, 0.25) is 0 Å². The van der Waals surface area contributed by atoms with Crippen LogP contribution in [0.3, 0.4) is 0 Å². The predicted octanol–water partition coefficient (Wildman–Crippen LogP) is 3.46. The highest BCUT2D eigenvalue weighted by Crippen LogP contribution is 2.64. The summed E-state index contributed by atoms with van der Waals surface area (Å²) in [5.41, 5.74) is 0.0452. The normalized spacial score (nSPS) is 33.4. The molecule has 4 rings (SSSR count). The second kappa shape index (κ2) is 5.81. The highest BCUT2D eigenvalue weighted by Gasteiger charge is 2.66. The molecule has 3 aliphatic rings. The van der Waals surface area contributed by atoms with Gasteiger partial charge in [0.15, 0.2) is 0 Å². The van der Waals surface area contributed by atoms with Gasteiger partial charge >= 0.3 is 5.97 Å². The van der Waals surface area contributed by atoms with Gasteiger partial charge in [0.1, 0.15) is 11.7 Å². The van der Waals surface area contributed by atoms with Crippen molar-refractivity contribution >= 4 is 16.1 Å². The largest absolute Gasteiger partial charge is 0.456 e. The predicted molar refractivity (Wildman–Crippen MR) is 93.4 cm³/mol. The van der Waals surface area contributed by atoms with E-state index in [9.17, 15) is 13.2 Å². The van der Waals surface area contributed by atoms with Crippen molar-refractivity contribution in [1.82, 2.24) is 0 Å². The van der Waals surface area contributed by atoms with Crippen molar-refractivity contribution in [2.75, 3.05) is 0 Å². The van der Waals surface area contributed by atoms with Gasteiger partial charge in [-0.2, -0.15) is 8.42 Å². The molecule has 2 bridgehead atoms. The van der Waals surface area contributed by atoms with Crippen LogP contribution in [0, 0.1) is 24.2 Å². The van der Waals surface area contributed by atoms with Gasteiger partial charge in [-0.15, -0.1) is 0 Å². The fourth-order valence-corrected chi connectivity index (χ4v) is 5.76. The highest BCUT2D eigenvalue weighted by atomic mass is 32.2. The Morgan fingerprint density at radius 3 is 2.24 bits per heavy atom. The highest BCUT2D eigenvalue weighted by molar-refractivity contribution is 7.86. The molecule has 1 aromatic carbocycles. The van der Waals surface area contributed by atoms with E-state index in [0.717, 1.165) is 12.0 Å². The van der Waals surface area contributed by atoms with Crippen LogP contribution in [0.15, 0.2) is 29.2 Å². The average Bonchev–Trinajstić information content (AvgIpc) is 2.48. The van der Waals surface area contributed by atoms with E-state index in [-0.39, 0.29) is 16.2 Å². The van der Waals surface area contributed by atoms with Gasteiger partial charge in [0.05, 0.1) is 4.90 Å². The summed E-state index contributed by atoms with van der Waals surface area (Å²) in [6, 6.07) is 6.56. The lowest BCUT2D eigenvalue weighted by atomic mass is 9.43. The van der Waals surface area contributed by atoms with Crippen molar-refractivity contribution in [2.24, 2.45) is 17.3 Å². The average molecular weight is 366 g/mol. The molecule has 25 heavy (non-hydrogen) atoms. The Morgan fingerprint density at radius 2 is 1.72 bits per heavy atom. The number of aryl methyl sites for hydroxylation is 1. The Labute approximate surface area is 149 Å². The van der Waals surface area contributed by atoms with Crippen molar-refractivity contribution in [1.29, 1.82) is 0 Å². The lowest BCUT2D eigenvalue weighted by Crippen LogP contribution is -2.68. The van der Waals surface area contributed by atoms with Crippen LogP contribution in [0.4, 0.5) is 0 Å². The first kappa shape index (κ1) is 18.4. The van der Waals surface area contributed by atoms with Gasteiger partial charge in [-0.05, 0) is 50.2 Å². The minimum atomic E-state index is -3.91. The van der Waals surface area contributed by atoms with Crippen molar-refractivity contribution in [3.8, 4) is 0 Å². The fraction of sp³-hybridized carbons (Fsp3) is 0.632. The first-order valence-corrected chi connectivity index (χ1v) is 10.1. The first-order chi connectivity index (χ1) is 11.5. The summed E-state index contributed by atoms with van der Waals surface area (Å²) in [6.45, 7) is 9.36. The molecular weight excluding hydrogens is 340 g/mol. The van der Waals surface area contributed by atoms with Crippen LogP contribution in [0.1, 0.15) is 46.1 Å². The van der Waals surface area contributed by atoms with Gasteiger partial charge in [-0.3, -0.25) is 8.98 Å². The molecule has 3 fully saturated rings. The van der Waals surface area contributed by atoms with Gasteiger partial charge in [0, 0.05) is 12.8 Å². The number of carbonyl (C=O) groups is 1. The smallest absolute Gasteiger partial charge is 0.303 e. The summed E-state index contributed by atoms with van der Waals surface area (Å²) < 4.78 is 36.7. The van der Waals surface area contributed by atoms with Crippen LogP contribution in [0.2, 0.25) is 0 Å². The topological polar surface area (TPSA) is 69.7 Å². The molecule has 0 amide bonds. The Balaban J connectivity index is 1.90. The van der Waals surface area contributed by atoms with Crippen LogP contribution in [0.5, 0.6) is 0 Å². The molecule has 0 heterocycles. The third-order valence-corrected chi connectivity index (χ3v) is 7.55. The molecule has 0 aromatic heterocycles. The van der Waals surface area contributed by atoms with Crippen LogP contribution in [-0.2, 0) is 23.8 Å². The van der Waals surface area contributed by atoms with Gasteiger partial charge in [0.25, 0.3) is 10.1 Å². The summed E-state index contributed by atoms with van der Waals surface area (Å²) in [6.07, 6.45) is 0.832. The molecule has 0 saturated heterocycles. The number of benzene rings is 1. The molecular formula is C19H26O5S. The number of carbonyl (C=O) groups excluding carboxylic acids is 1. The molecule has 0 spiro atoms. The molecule has 5 nitrogen and oxygen atoms in total. The standard InChI is InChI=1S/C19H26O5S/c1-12-6-8-15(9-7-12)25(21,22)24-17-11-14-10-16(18(14,3)4)19(17,5)23-13(2)20/h6-9,14,16-17H,10-11H2,1-5H3. The molecule has 0 N–H and O–H groups in total. The number of fused-ring (bicyclic) bond motifs is 2. The minimum absolute atomic E-state index is 0.0116. The van der Waals surface area contributed by atoms with E-state index >= 15 is 0 Å². The molecule has 0 radical (unpaired) electrons. The molecule has 4 unspecified atom stereocenters. The van der Waals surface area contributed by atoms with E-state index < -0.39 is 27.8 Å². The van der Waals surface area contributed by atoms with Gasteiger partial charge in [-0.1, -0.05) is 31.5 Å². The lowest BCUT2D eigenvalue weighted by molar-refractivity contribution is -0.250. The SMILES string of the molecule is CC(=O)OC1(C)C(OS(=O)(=O)c2ccc(C)cc2)CC2CC1C2(C)C. The van der Waals surface area contributed by atoms with E-state index in [2.05, 4.69) is 13.8 Å². The third kappa shape index (κ3) is 2.99. The van der Waals surface area contributed by atoms with E-state index in [0.29, 0.717) is 12.3 Å². The maximum atomic E-state index is 12.7. The van der Waals surface area contributed by atoms with Crippen LogP contribution < -0.4 is 0 Å². The molecule has 3 saturated carbocycles. The number of esters is 1. The molecule has 0 aliphatic heterocycles. The van der Waals surface area contributed by atoms with Crippen LogP contribution >= 0.6 is 0 Å². The summed E-state index contributed by atoms with van der Waals surface area (Å²) >= 11 is 0. The van der Waals surface area contributed by atoms with Crippen molar-refractivity contribution < 1.29 is 22.1 Å². The van der Waals surface area contributed by atoms with Crippen LogP contribution in [0.25, 0.3) is 0 Å². The van der Waals surface area contributed by atoms with E-state index in [1.54, 1.807) is 24.3 Å². The summed E-state index contributed by atoms with van der Waals surface area (Å²) in [5, 5.41) is 0. The lowest BCUT2D eigenvalue weighted by Gasteiger charge is -2.65. The van der Waals surface area contributed by atoms with Crippen molar-refractivity contribution in [2.45, 2.75) is 64.1 Å². The minimum Gasteiger partial charge on any atom is -0.456 e. The maximum Gasteiger partial charge on any atom is 0.303 e. The second-order valence-corrected chi connectivity index (χ2v) is 9.74. The molecule has 6 heteroatoms. The quantitative estimate of drug-likeness (QED) is 0.603. The van der Waals surface area contributed by atoms with E-state index in [1.165, 1.54) is 6.92 Å². The zero-order chi connectivity index (χ0) is 18.6. The van der Waals surface area contributed by atoms with Gasteiger partial charge in [-0.25, -0.2) is 0 Å². The number of hydrogen-bond acceptors (Lipinski definition) is 5. The molecule has 4 atom stereocenters. The van der Waals surface area contributed by atoms with Crippen LogP contribution in [-0.4, -0.2) is 26.1 Å². The zero-order valence-corrected chi connectivity index (χ0v) is 16.2. The van der Waals surface area contributed by atoms with Crippen molar-refractivity contribution in [3.63, 3.8) is 0 Å². The number of ether oxygens (including phenoxy) is 1. The Morgan fingerprint density at radius 1 is 1.12 bits per heavy atom. The van der Waals surface area contributed by atoms with E-state index in [1.807, 2.05) is 13.8 Å². The summed E-state index contributed by atoms with van der Waals surface area (Å²) in [7, 11) is -3.91. The third-order valence-electron chi connectivity index (χ3n) is 6.22. The number of rotatable bonds is 4. The molecule has 3 aliphatic carbocycles. The molecule has 138 valence electrons. The van der Waals surface area contributed by atoms with Gasteiger partial charge < -0.3 is 4.74 Å². The number of hydrogen-bond donors (Lipinski definition) is 0. The first-order valence-electron chi connectivity index (χ1n) is 8.66. The Hall–Kier alpha value is -1.40. The van der Waals surface area contributed by atoms with E-state index in [4.69, 9.17) is 8.92 Å². The zero-order valence-electron chi connectivity index (χ0n) is 15.4. The fourth-order valence-electron chi connectivity index (χ4n) is 4.60. The molecule has 1 aromatic rings. The monoisotopic (exact) mass is 366 g/mol. The summed E-state index contributed by atoms with van der Waals surface area (Å²) in [4.78, 5) is 11.8. The summed E-state index contributed by atoms with van der Waals surface area (Å²) in [5.74, 6) is 0.0465. The Bertz CT molecular complexity index is 781. The maximum absolute atomic E-state index is 12.7. The second-order valence-electron chi connectivity index (χ2n) is 8.17. The van der Waals surface area contributed by atoms with Crippen molar-refractivity contribution in [3.05, 3.63) is 29.8 Å². The Kier molecular flexibility index (Phi) is 4.27.